The van der Waals surface area contributed by atoms with Crippen LogP contribution in [0.1, 0.15) is 10.5 Å². The van der Waals surface area contributed by atoms with Crippen LogP contribution in [-0.4, -0.2) is 35.4 Å². The molecule has 0 aliphatic heterocycles. The summed E-state index contributed by atoms with van der Waals surface area (Å²) < 4.78 is 1.40. The molecule has 0 saturated heterocycles. The van der Waals surface area contributed by atoms with Gasteiger partial charge in [-0.1, -0.05) is 0 Å². The summed E-state index contributed by atoms with van der Waals surface area (Å²) in [6.07, 6.45) is 5.83. The fraction of sp³-hybridized carbons (Fsp3) is 0.0769. The lowest BCUT2D eigenvalue weighted by molar-refractivity contribution is 0.0995. The molecular formula is C13H11N7O2. The van der Waals surface area contributed by atoms with E-state index in [0.717, 1.165) is 0 Å². The first kappa shape index (κ1) is 13.6. The molecular weight excluding hydrogens is 286 g/mol. The predicted octanol–water partition coefficient (Wildman–Crippen LogP) is -0.478. The number of carbonyl (C=O) groups is 1. The normalized spacial score (nSPS) is 10.6. The van der Waals surface area contributed by atoms with E-state index < -0.39 is 5.91 Å². The van der Waals surface area contributed by atoms with E-state index in [2.05, 4.69) is 20.2 Å². The Hall–Kier alpha value is -3.36. The monoisotopic (exact) mass is 297 g/mol. The van der Waals surface area contributed by atoms with Crippen LogP contribution in [0.3, 0.4) is 0 Å². The fourth-order valence-corrected chi connectivity index (χ4v) is 1.90. The standard InChI is InChI=1S/C13H11N7O2/c1-19-7-8(2-3-10(19)21)11-13(20-16-4-5-17-20)15-6-9(18-11)12(14)22/h2-7H,1H3,(H2,14,22). The molecule has 3 rings (SSSR count). The van der Waals surface area contributed by atoms with Crippen LogP contribution in [0.5, 0.6) is 0 Å². The van der Waals surface area contributed by atoms with Gasteiger partial charge < -0.3 is 10.3 Å². The summed E-state index contributed by atoms with van der Waals surface area (Å²) >= 11 is 0. The number of rotatable bonds is 3. The largest absolute Gasteiger partial charge is 0.364 e. The van der Waals surface area contributed by atoms with Gasteiger partial charge in [0.25, 0.3) is 5.91 Å². The first-order chi connectivity index (χ1) is 10.6. The maximum absolute atomic E-state index is 11.5. The first-order valence-corrected chi connectivity index (χ1v) is 6.27. The van der Waals surface area contributed by atoms with Gasteiger partial charge in [-0.2, -0.15) is 10.2 Å². The van der Waals surface area contributed by atoms with Crippen molar-refractivity contribution in [1.82, 2.24) is 29.5 Å². The molecule has 9 heteroatoms. The predicted molar refractivity (Wildman–Crippen MR) is 76.1 cm³/mol. The van der Waals surface area contributed by atoms with Crippen LogP contribution < -0.4 is 11.3 Å². The third-order valence-corrected chi connectivity index (χ3v) is 2.97. The van der Waals surface area contributed by atoms with E-state index in [-0.39, 0.29) is 11.3 Å². The molecule has 3 aromatic rings. The van der Waals surface area contributed by atoms with Gasteiger partial charge in [0.15, 0.2) is 0 Å². The minimum atomic E-state index is -0.696. The smallest absolute Gasteiger partial charge is 0.268 e. The Morgan fingerprint density at radius 3 is 2.59 bits per heavy atom. The van der Waals surface area contributed by atoms with E-state index in [1.807, 2.05) is 0 Å². The third-order valence-electron chi connectivity index (χ3n) is 2.97. The quantitative estimate of drug-likeness (QED) is 0.697. The Balaban J connectivity index is 2.26. The van der Waals surface area contributed by atoms with Crippen molar-refractivity contribution in [2.45, 2.75) is 0 Å². The number of aromatic nitrogens is 6. The van der Waals surface area contributed by atoms with Gasteiger partial charge in [0.05, 0.1) is 18.6 Å². The van der Waals surface area contributed by atoms with Crippen molar-refractivity contribution in [3.8, 4) is 17.1 Å². The second-order valence-electron chi connectivity index (χ2n) is 4.48. The van der Waals surface area contributed by atoms with Crippen molar-refractivity contribution < 1.29 is 4.79 Å². The Bertz CT molecular complexity index is 899. The number of hydrogen-bond donors (Lipinski definition) is 1. The molecule has 0 unspecified atom stereocenters. The van der Waals surface area contributed by atoms with Gasteiger partial charge in [-0.3, -0.25) is 9.59 Å². The molecule has 3 heterocycles. The van der Waals surface area contributed by atoms with Gasteiger partial charge in [0.2, 0.25) is 11.4 Å². The van der Waals surface area contributed by atoms with Crippen molar-refractivity contribution in [3.05, 3.63) is 53.0 Å². The molecule has 0 aliphatic carbocycles. The molecule has 0 aliphatic rings. The Morgan fingerprint density at radius 1 is 1.23 bits per heavy atom. The number of aryl methyl sites for hydroxylation is 1. The molecule has 22 heavy (non-hydrogen) atoms. The maximum atomic E-state index is 11.5. The van der Waals surface area contributed by atoms with Gasteiger partial charge in [-0.05, 0) is 6.07 Å². The number of nitrogens with zero attached hydrogens (tertiary/aromatic N) is 6. The number of pyridine rings is 1. The van der Waals surface area contributed by atoms with Crippen LogP contribution in [0.25, 0.3) is 17.1 Å². The minimum absolute atomic E-state index is 0.0137. The zero-order valence-electron chi connectivity index (χ0n) is 11.5. The average molecular weight is 297 g/mol. The highest BCUT2D eigenvalue weighted by Gasteiger charge is 2.15. The lowest BCUT2D eigenvalue weighted by Gasteiger charge is -2.09. The highest BCUT2D eigenvalue weighted by atomic mass is 16.1. The average Bonchev–Trinajstić information content (AvgIpc) is 3.03. The number of amides is 1. The molecule has 0 bridgehead atoms. The Labute approximate surface area is 124 Å². The van der Waals surface area contributed by atoms with E-state index >= 15 is 0 Å². The summed E-state index contributed by atoms with van der Waals surface area (Å²) in [6, 6.07) is 2.98. The lowest BCUT2D eigenvalue weighted by Crippen LogP contribution is -2.17. The van der Waals surface area contributed by atoms with Crippen LogP contribution in [0, 0.1) is 0 Å². The summed E-state index contributed by atoms with van der Waals surface area (Å²) in [5.74, 6) is -0.368. The summed E-state index contributed by atoms with van der Waals surface area (Å²) in [6.45, 7) is 0. The summed E-state index contributed by atoms with van der Waals surface area (Å²) in [5.41, 5.74) is 6.04. The molecule has 1 amide bonds. The van der Waals surface area contributed by atoms with E-state index in [1.54, 1.807) is 19.3 Å². The topological polar surface area (TPSA) is 122 Å². The summed E-state index contributed by atoms with van der Waals surface area (Å²) in [4.78, 5) is 32.5. The minimum Gasteiger partial charge on any atom is -0.364 e. The van der Waals surface area contributed by atoms with Crippen LogP contribution >= 0.6 is 0 Å². The summed E-state index contributed by atoms with van der Waals surface area (Å²) in [5, 5.41) is 8.01. The van der Waals surface area contributed by atoms with Gasteiger partial charge in [0, 0.05) is 24.9 Å². The molecule has 3 aromatic heterocycles. The molecule has 0 fully saturated rings. The van der Waals surface area contributed by atoms with Crippen molar-refractivity contribution in [1.29, 1.82) is 0 Å². The number of carbonyl (C=O) groups excluding carboxylic acids is 1. The van der Waals surface area contributed by atoms with E-state index in [0.29, 0.717) is 17.1 Å². The molecule has 0 saturated carbocycles. The highest BCUT2D eigenvalue weighted by molar-refractivity contribution is 5.91. The van der Waals surface area contributed by atoms with Crippen LogP contribution in [0.2, 0.25) is 0 Å². The second kappa shape index (κ2) is 5.20. The zero-order valence-corrected chi connectivity index (χ0v) is 11.5. The Kier molecular flexibility index (Phi) is 3.22. The number of primary amides is 1. The summed E-state index contributed by atoms with van der Waals surface area (Å²) in [7, 11) is 1.61. The Morgan fingerprint density at radius 2 is 1.95 bits per heavy atom. The lowest BCUT2D eigenvalue weighted by atomic mass is 10.2. The van der Waals surface area contributed by atoms with E-state index in [4.69, 9.17) is 5.73 Å². The molecule has 0 aromatic carbocycles. The van der Waals surface area contributed by atoms with Crippen molar-refractivity contribution in [2.75, 3.05) is 0 Å². The van der Waals surface area contributed by atoms with Crippen LogP contribution in [-0.2, 0) is 7.05 Å². The third kappa shape index (κ3) is 2.35. The number of hydrogen-bond acceptors (Lipinski definition) is 6. The zero-order chi connectivity index (χ0) is 15.7. The molecule has 0 atom stereocenters. The van der Waals surface area contributed by atoms with Gasteiger partial charge in [0.1, 0.15) is 11.4 Å². The van der Waals surface area contributed by atoms with Crippen molar-refractivity contribution >= 4 is 5.91 Å². The van der Waals surface area contributed by atoms with Gasteiger partial charge in [-0.25, -0.2) is 9.97 Å². The van der Waals surface area contributed by atoms with Crippen molar-refractivity contribution in [2.24, 2.45) is 12.8 Å². The van der Waals surface area contributed by atoms with Crippen LogP contribution in [0.15, 0.2) is 41.7 Å². The molecule has 0 radical (unpaired) electrons. The second-order valence-corrected chi connectivity index (χ2v) is 4.48. The first-order valence-electron chi connectivity index (χ1n) is 6.27. The maximum Gasteiger partial charge on any atom is 0.268 e. The van der Waals surface area contributed by atoms with Crippen molar-refractivity contribution in [3.63, 3.8) is 0 Å². The van der Waals surface area contributed by atoms with Crippen LogP contribution in [0.4, 0.5) is 0 Å². The highest BCUT2D eigenvalue weighted by Crippen LogP contribution is 2.21. The van der Waals surface area contributed by atoms with E-state index in [9.17, 15) is 9.59 Å². The molecule has 0 spiro atoms. The van der Waals surface area contributed by atoms with Gasteiger partial charge >= 0.3 is 0 Å². The van der Waals surface area contributed by atoms with E-state index in [1.165, 1.54) is 34.0 Å². The molecule has 9 nitrogen and oxygen atoms in total. The van der Waals surface area contributed by atoms with Gasteiger partial charge in [-0.15, -0.1) is 4.80 Å². The SMILES string of the molecule is Cn1cc(-c2nc(C(N)=O)cnc2-n2nccn2)ccc1=O. The number of nitrogens with two attached hydrogens (primary N) is 1. The molecule has 2 N–H and O–H groups in total. The fourth-order valence-electron chi connectivity index (χ4n) is 1.90. The molecule has 110 valence electrons.